The Hall–Kier alpha value is -5.08. The number of hydrogen-bond donors (Lipinski definition) is 7. The van der Waals surface area contributed by atoms with Crippen LogP contribution >= 0.6 is 0 Å². The molecule has 19 nitrogen and oxygen atoms in total. The second-order valence-electron chi connectivity index (χ2n) is 11.7. The van der Waals surface area contributed by atoms with Crippen molar-refractivity contribution in [2.24, 2.45) is 11.7 Å². The highest BCUT2D eigenvalue weighted by Crippen LogP contribution is 2.20. The minimum Gasteiger partial charge on any atom is -0.450 e. The molecule has 1 aliphatic heterocycles. The number of carboxylic acid groups (broad SMARTS) is 1. The van der Waals surface area contributed by atoms with E-state index in [1.54, 1.807) is 13.8 Å². The van der Waals surface area contributed by atoms with Gasteiger partial charge in [-0.3, -0.25) is 33.4 Å². The number of hydrogen-bond acceptors (Lipinski definition) is 11. The number of anilines is 1. The Morgan fingerprint density at radius 1 is 0.961 bits per heavy atom. The van der Waals surface area contributed by atoms with Crippen molar-refractivity contribution >= 4 is 57.5 Å². The van der Waals surface area contributed by atoms with Gasteiger partial charge in [0, 0.05) is 30.8 Å². The number of primary amides is 1. The van der Waals surface area contributed by atoms with Gasteiger partial charge in [-0.15, -0.1) is 0 Å². The number of urea groups is 1. The first-order valence-corrected chi connectivity index (χ1v) is 17.6. The standard InChI is InChI=1S/C31H44N6O13S/c1-19(2)27(36-24(38)11-14-49-15-13-37-25(39)9-10-26(37)40)29(42)35-23(6-3-12-33-30(32)43)28(41)34-22-8-7-21(18-50-31(44)45)20(17-22)5-4-16-51(46,47)48/h7-10,17,19,23,27H,3-6,11-16,18H2,1-2H3,(H,34,41)(H,35,42)(H,36,38)(H,44,45)(H3,32,33,43)(H,46,47,48)/t23-,27-/m0/s1. The van der Waals surface area contributed by atoms with Gasteiger partial charge < -0.3 is 41.6 Å². The summed E-state index contributed by atoms with van der Waals surface area (Å²) in [5.74, 6) is -3.76. The quantitative estimate of drug-likeness (QED) is 0.0358. The summed E-state index contributed by atoms with van der Waals surface area (Å²) in [5, 5.41) is 19.2. The van der Waals surface area contributed by atoms with Crippen LogP contribution in [0.15, 0.2) is 30.4 Å². The van der Waals surface area contributed by atoms with Crippen LogP contribution in [0.3, 0.4) is 0 Å². The van der Waals surface area contributed by atoms with E-state index in [0.29, 0.717) is 11.1 Å². The van der Waals surface area contributed by atoms with Gasteiger partial charge in [0.25, 0.3) is 21.9 Å². The zero-order chi connectivity index (χ0) is 38.1. The molecule has 0 saturated carbocycles. The zero-order valence-corrected chi connectivity index (χ0v) is 29.0. The lowest BCUT2D eigenvalue weighted by atomic mass is 10.0. The van der Waals surface area contributed by atoms with Crippen LogP contribution in [0.25, 0.3) is 0 Å². The number of nitrogens with one attached hydrogen (secondary N) is 4. The minimum absolute atomic E-state index is 0.00678. The number of rotatable bonds is 22. The molecule has 0 aliphatic carbocycles. The summed E-state index contributed by atoms with van der Waals surface area (Å²) < 4.78 is 41.5. The Kier molecular flexibility index (Phi) is 17.0. The van der Waals surface area contributed by atoms with Gasteiger partial charge in [-0.1, -0.05) is 19.9 Å². The maximum atomic E-state index is 13.5. The molecule has 0 saturated heterocycles. The van der Waals surface area contributed by atoms with Crippen molar-refractivity contribution in [2.75, 3.05) is 37.4 Å². The van der Waals surface area contributed by atoms with Crippen LogP contribution in [0.2, 0.25) is 0 Å². The summed E-state index contributed by atoms with van der Waals surface area (Å²) in [6.07, 6.45) is 0.934. The van der Waals surface area contributed by atoms with Crippen LogP contribution in [0, 0.1) is 5.92 Å². The number of aryl methyl sites for hydroxylation is 1. The van der Waals surface area contributed by atoms with Gasteiger partial charge in [-0.2, -0.15) is 8.42 Å². The SMILES string of the molecule is CC(C)[C@H](NC(=O)CCOCCN1C(=O)C=CC1=O)C(=O)N[C@@H](CCCNC(N)=O)C(=O)Nc1ccc(COC(=O)O)c(CCCS(=O)(=O)O)c1. The second kappa shape index (κ2) is 20.6. The van der Waals surface area contributed by atoms with Crippen molar-refractivity contribution in [3.05, 3.63) is 41.5 Å². The summed E-state index contributed by atoms with van der Waals surface area (Å²) in [6.45, 7) is 3.07. The Morgan fingerprint density at radius 3 is 2.25 bits per heavy atom. The highest BCUT2D eigenvalue weighted by Gasteiger charge is 2.29. The van der Waals surface area contributed by atoms with E-state index in [0.717, 1.165) is 17.1 Å². The van der Waals surface area contributed by atoms with Crippen molar-refractivity contribution in [3.8, 4) is 0 Å². The first kappa shape index (κ1) is 42.1. The molecule has 7 amide bonds. The molecular weight excluding hydrogens is 696 g/mol. The highest BCUT2D eigenvalue weighted by molar-refractivity contribution is 7.85. The lowest BCUT2D eigenvalue weighted by Crippen LogP contribution is -2.54. The fourth-order valence-electron chi connectivity index (χ4n) is 4.79. The third-order valence-corrected chi connectivity index (χ3v) is 8.18. The maximum Gasteiger partial charge on any atom is 0.506 e. The molecule has 20 heteroatoms. The third kappa shape index (κ3) is 16.0. The third-order valence-electron chi connectivity index (χ3n) is 7.37. The van der Waals surface area contributed by atoms with Crippen molar-refractivity contribution in [1.29, 1.82) is 0 Å². The van der Waals surface area contributed by atoms with E-state index < -0.39 is 75.6 Å². The van der Waals surface area contributed by atoms with Crippen LogP contribution in [-0.4, -0.2) is 109 Å². The smallest absolute Gasteiger partial charge is 0.450 e. The van der Waals surface area contributed by atoms with Crippen LogP contribution in [0.5, 0.6) is 0 Å². The number of nitrogens with two attached hydrogens (primary N) is 1. The molecule has 0 unspecified atom stereocenters. The van der Waals surface area contributed by atoms with E-state index in [4.69, 9.17) is 20.1 Å². The first-order valence-electron chi connectivity index (χ1n) is 15.9. The molecule has 2 atom stereocenters. The van der Waals surface area contributed by atoms with Crippen molar-refractivity contribution < 1.29 is 61.1 Å². The molecule has 1 aromatic carbocycles. The van der Waals surface area contributed by atoms with Crippen molar-refractivity contribution in [1.82, 2.24) is 20.9 Å². The summed E-state index contributed by atoms with van der Waals surface area (Å²) in [7, 11) is -4.26. The Morgan fingerprint density at radius 2 is 1.65 bits per heavy atom. The van der Waals surface area contributed by atoms with Gasteiger partial charge in [0.2, 0.25) is 17.7 Å². The second-order valence-corrected chi connectivity index (χ2v) is 13.3. The predicted molar refractivity (Wildman–Crippen MR) is 179 cm³/mol. The molecule has 51 heavy (non-hydrogen) atoms. The minimum atomic E-state index is -4.26. The summed E-state index contributed by atoms with van der Waals surface area (Å²) in [5.41, 5.74) is 6.17. The van der Waals surface area contributed by atoms with Gasteiger partial charge in [0.15, 0.2) is 0 Å². The van der Waals surface area contributed by atoms with Crippen LogP contribution in [0.4, 0.5) is 15.3 Å². The molecule has 0 bridgehead atoms. The average Bonchev–Trinajstić information content (AvgIpc) is 3.35. The normalized spacial score (nSPS) is 13.8. The summed E-state index contributed by atoms with van der Waals surface area (Å²) in [6, 6.07) is 1.39. The number of benzene rings is 1. The van der Waals surface area contributed by atoms with E-state index in [1.807, 2.05) is 0 Å². The van der Waals surface area contributed by atoms with Gasteiger partial charge >= 0.3 is 12.2 Å². The molecule has 282 valence electrons. The molecule has 2 rings (SSSR count). The van der Waals surface area contributed by atoms with Gasteiger partial charge in [-0.25, -0.2) is 9.59 Å². The molecule has 1 aromatic rings. The number of ether oxygens (including phenoxy) is 2. The molecule has 1 aliphatic rings. The van der Waals surface area contributed by atoms with Crippen LogP contribution in [0.1, 0.15) is 50.7 Å². The van der Waals surface area contributed by atoms with Crippen LogP contribution < -0.4 is 27.0 Å². The molecule has 1 heterocycles. The number of nitrogens with zero attached hydrogens (tertiary/aromatic N) is 1. The molecule has 0 spiro atoms. The zero-order valence-electron chi connectivity index (χ0n) is 28.2. The lowest BCUT2D eigenvalue weighted by Gasteiger charge is -2.25. The van der Waals surface area contributed by atoms with Gasteiger partial charge in [-0.05, 0) is 54.9 Å². The van der Waals surface area contributed by atoms with Crippen molar-refractivity contribution in [3.63, 3.8) is 0 Å². The van der Waals surface area contributed by atoms with E-state index >= 15 is 0 Å². The average molecular weight is 741 g/mol. The Balaban J connectivity index is 2.10. The maximum absolute atomic E-state index is 13.5. The fourth-order valence-corrected chi connectivity index (χ4v) is 5.30. The largest absolute Gasteiger partial charge is 0.506 e. The Bertz CT molecular complexity index is 1560. The monoisotopic (exact) mass is 740 g/mol. The van der Waals surface area contributed by atoms with Crippen molar-refractivity contribution in [2.45, 2.75) is 64.6 Å². The van der Waals surface area contributed by atoms with E-state index in [1.165, 1.54) is 18.2 Å². The Labute approximate surface area is 294 Å². The molecule has 0 fully saturated rings. The van der Waals surface area contributed by atoms with Crippen LogP contribution in [-0.2, 0) is 56.6 Å². The predicted octanol–water partition coefficient (Wildman–Crippen LogP) is 0.0459. The lowest BCUT2D eigenvalue weighted by molar-refractivity contribution is -0.138. The number of carbonyl (C=O) groups is 7. The summed E-state index contributed by atoms with van der Waals surface area (Å²) in [4.78, 5) is 85.8. The number of carbonyl (C=O) groups excluding carboxylic acids is 6. The first-order chi connectivity index (χ1) is 24.0. The fraction of sp³-hybridized carbons (Fsp3) is 0.516. The molecule has 8 N–H and O–H groups in total. The molecule has 0 aromatic heterocycles. The molecular formula is C31H44N6O13S. The van der Waals surface area contributed by atoms with E-state index in [2.05, 4.69) is 26.0 Å². The number of imide groups is 1. The van der Waals surface area contributed by atoms with Gasteiger partial charge in [0.05, 0.1) is 25.5 Å². The number of amides is 7. The van der Waals surface area contributed by atoms with E-state index in [-0.39, 0.29) is 70.7 Å². The van der Waals surface area contributed by atoms with Gasteiger partial charge in [0.1, 0.15) is 18.7 Å². The van der Waals surface area contributed by atoms with E-state index in [9.17, 15) is 42.0 Å². The topological polar surface area (TPSA) is 290 Å². The molecule has 0 radical (unpaired) electrons. The highest BCUT2D eigenvalue weighted by atomic mass is 32.2. The summed E-state index contributed by atoms with van der Waals surface area (Å²) >= 11 is 0.